The quantitative estimate of drug-likeness (QED) is 0.652. The Morgan fingerprint density at radius 1 is 1.00 bits per heavy atom. The maximum absolute atomic E-state index is 13.4. The van der Waals surface area contributed by atoms with Crippen molar-refractivity contribution in [1.82, 2.24) is 4.90 Å². The summed E-state index contributed by atoms with van der Waals surface area (Å²) in [6.07, 6.45) is -9.76. The molecule has 1 N–H and O–H groups in total. The number of sulfonamides is 1. The number of likely N-dealkylation sites (N-methyl/N-ethyl adjacent to an activating group) is 1. The van der Waals surface area contributed by atoms with Gasteiger partial charge in [-0.25, -0.2) is 8.42 Å². The Kier molecular flexibility index (Phi) is 6.16. The molecular weight excluding hydrogens is 450 g/mol. The lowest BCUT2D eigenvalue weighted by Gasteiger charge is -2.20. The van der Waals surface area contributed by atoms with Crippen molar-refractivity contribution in [3.05, 3.63) is 53.6 Å². The summed E-state index contributed by atoms with van der Waals surface area (Å²) in [6.45, 7) is 0.999. The van der Waals surface area contributed by atoms with Crippen molar-refractivity contribution < 1.29 is 39.5 Å². The molecule has 0 unspecified atom stereocenters. The summed E-state index contributed by atoms with van der Waals surface area (Å²) >= 11 is 0. The number of likely N-dealkylation sites (tertiary alicyclic amines) is 1. The third-order valence-corrected chi connectivity index (χ3v) is 6.10. The molecule has 1 aliphatic heterocycles. The van der Waals surface area contributed by atoms with E-state index in [2.05, 4.69) is 0 Å². The maximum Gasteiger partial charge on any atom is 0.419 e. The Morgan fingerprint density at radius 3 is 2.23 bits per heavy atom. The minimum absolute atomic E-state index is 0.355. The Hall–Kier alpha value is -2.47. The van der Waals surface area contributed by atoms with E-state index < -0.39 is 50.3 Å². The molecule has 1 atom stereocenters. The fraction of sp³-hybridized carbons (Fsp3) is 0.368. The van der Waals surface area contributed by atoms with E-state index >= 15 is 0 Å². The highest BCUT2D eigenvalue weighted by molar-refractivity contribution is 7.92. The van der Waals surface area contributed by atoms with Crippen LogP contribution in [0.1, 0.15) is 17.5 Å². The van der Waals surface area contributed by atoms with Crippen molar-refractivity contribution in [2.24, 2.45) is 0 Å². The number of nitrogens with zero attached hydrogens (tertiary/aromatic N) is 1. The van der Waals surface area contributed by atoms with Crippen LogP contribution < -0.4 is 9.46 Å². The Bertz CT molecular complexity index is 1050. The molecule has 170 valence electrons. The SMILES string of the molecule is CN1CC[C@@H](Oc2cc(NS(=O)(=O)c3ccccc3C(F)(F)F)ccc2C(F)(F)F)C1. The van der Waals surface area contributed by atoms with Gasteiger partial charge in [0.1, 0.15) is 11.9 Å². The Balaban J connectivity index is 1.96. The highest BCUT2D eigenvalue weighted by Gasteiger charge is 2.38. The molecule has 0 radical (unpaired) electrons. The van der Waals surface area contributed by atoms with Crippen molar-refractivity contribution in [1.29, 1.82) is 0 Å². The second kappa shape index (κ2) is 8.23. The minimum atomic E-state index is -4.94. The lowest BCUT2D eigenvalue weighted by Crippen LogP contribution is -2.23. The third-order valence-electron chi connectivity index (χ3n) is 4.66. The van der Waals surface area contributed by atoms with E-state index in [1.807, 2.05) is 9.62 Å². The number of nitrogens with one attached hydrogen (secondary N) is 1. The van der Waals surface area contributed by atoms with E-state index in [9.17, 15) is 34.8 Å². The van der Waals surface area contributed by atoms with Gasteiger partial charge in [-0.15, -0.1) is 0 Å². The average Bonchev–Trinajstić information content (AvgIpc) is 3.04. The molecule has 12 heteroatoms. The largest absolute Gasteiger partial charge is 0.488 e. The first-order valence-corrected chi connectivity index (χ1v) is 10.5. The van der Waals surface area contributed by atoms with Gasteiger partial charge in [-0.05, 0) is 37.7 Å². The zero-order valence-electron chi connectivity index (χ0n) is 16.1. The zero-order chi connectivity index (χ0) is 23.0. The van der Waals surface area contributed by atoms with Crippen molar-refractivity contribution in [3.8, 4) is 5.75 Å². The molecule has 0 aromatic heterocycles. The summed E-state index contributed by atoms with van der Waals surface area (Å²) < 4.78 is 112. The van der Waals surface area contributed by atoms with Crippen LogP contribution in [-0.2, 0) is 22.4 Å². The first-order valence-electron chi connectivity index (χ1n) is 9.03. The second-order valence-corrected chi connectivity index (χ2v) is 8.75. The van der Waals surface area contributed by atoms with Crippen molar-refractivity contribution in [2.75, 3.05) is 24.9 Å². The number of alkyl halides is 6. The van der Waals surface area contributed by atoms with E-state index in [4.69, 9.17) is 4.74 Å². The van der Waals surface area contributed by atoms with Gasteiger partial charge in [0.05, 0.1) is 21.7 Å². The smallest absolute Gasteiger partial charge is 0.419 e. The Labute approximate surface area is 174 Å². The molecule has 5 nitrogen and oxygen atoms in total. The molecule has 0 spiro atoms. The summed E-state index contributed by atoms with van der Waals surface area (Å²) in [7, 11) is -2.97. The summed E-state index contributed by atoms with van der Waals surface area (Å²) in [6, 6.07) is 5.79. The molecule has 2 aromatic carbocycles. The highest BCUT2D eigenvalue weighted by atomic mass is 32.2. The zero-order valence-corrected chi connectivity index (χ0v) is 16.9. The molecule has 0 bridgehead atoms. The van der Waals surface area contributed by atoms with E-state index in [-0.39, 0.29) is 5.69 Å². The number of benzene rings is 2. The van der Waals surface area contributed by atoms with Crippen LogP contribution in [0.5, 0.6) is 5.75 Å². The Morgan fingerprint density at radius 2 is 1.65 bits per heavy atom. The van der Waals surface area contributed by atoms with Gasteiger partial charge in [0.2, 0.25) is 0 Å². The van der Waals surface area contributed by atoms with Gasteiger partial charge >= 0.3 is 12.4 Å². The monoisotopic (exact) mass is 468 g/mol. The van der Waals surface area contributed by atoms with Crippen LogP contribution in [-0.4, -0.2) is 39.6 Å². The molecular formula is C19H18F6N2O3S. The molecule has 0 saturated carbocycles. The number of rotatable bonds is 5. The van der Waals surface area contributed by atoms with Crippen LogP contribution in [0.25, 0.3) is 0 Å². The van der Waals surface area contributed by atoms with E-state index in [0.29, 0.717) is 31.6 Å². The van der Waals surface area contributed by atoms with Crippen LogP contribution >= 0.6 is 0 Å². The number of ether oxygens (including phenoxy) is 1. The van der Waals surface area contributed by atoms with Gasteiger partial charge in [-0.2, -0.15) is 26.3 Å². The van der Waals surface area contributed by atoms with Gasteiger partial charge in [-0.1, -0.05) is 12.1 Å². The van der Waals surface area contributed by atoms with Gasteiger partial charge in [0.15, 0.2) is 0 Å². The first kappa shape index (κ1) is 23.2. The molecule has 1 saturated heterocycles. The molecule has 1 aliphatic rings. The molecule has 2 aromatic rings. The van der Waals surface area contributed by atoms with Crippen LogP contribution in [0.2, 0.25) is 0 Å². The third kappa shape index (κ3) is 5.42. The van der Waals surface area contributed by atoms with Crippen LogP contribution in [0.15, 0.2) is 47.4 Å². The predicted molar refractivity (Wildman–Crippen MR) is 100 cm³/mol. The van der Waals surface area contributed by atoms with E-state index in [1.165, 1.54) is 0 Å². The van der Waals surface area contributed by atoms with Crippen LogP contribution in [0.4, 0.5) is 32.0 Å². The van der Waals surface area contributed by atoms with E-state index in [1.54, 1.807) is 7.05 Å². The summed E-state index contributed by atoms with van der Waals surface area (Å²) in [5.41, 5.74) is -2.85. The fourth-order valence-electron chi connectivity index (χ4n) is 3.23. The summed E-state index contributed by atoms with van der Waals surface area (Å²) in [5, 5.41) is 0. The van der Waals surface area contributed by atoms with Gasteiger partial charge in [-0.3, -0.25) is 4.72 Å². The van der Waals surface area contributed by atoms with Gasteiger partial charge in [0, 0.05) is 19.2 Å². The fourth-order valence-corrected chi connectivity index (χ4v) is 4.51. The number of hydrogen-bond acceptors (Lipinski definition) is 4. The molecule has 3 rings (SSSR count). The molecule has 0 aliphatic carbocycles. The van der Waals surface area contributed by atoms with Crippen LogP contribution in [0.3, 0.4) is 0 Å². The average molecular weight is 468 g/mol. The lowest BCUT2D eigenvalue weighted by atomic mass is 10.1. The lowest BCUT2D eigenvalue weighted by molar-refractivity contribution is -0.140. The summed E-state index contributed by atoms with van der Waals surface area (Å²) in [5.74, 6) is -0.600. The van der Waals surface area contributed by atoms with Crippen molar-refractivity contribution >= 4 is 15.7 Å². The normalized spacial score (nSPS) is 18.2. The molecule has 31 heavy (non-hydrogen) atoms. The maximum atomic E-state index is 13.4. The standard InChI is InChI=1S/C19H18F6N2O3S/c1-27-9-8-13(11-27)30-16-10-12(6-7-14(16)18(20,21)22)26-31(28,29)17-5-3-2-4-15(17)19(23,24)25/h2-7,10,13,26H,8-9,11H2,1H3/t13-/m1/s1. The predicted octanol–water partition coefficient (Wildman–Crippen LogP) is 4.61. The topological polar surface area (TPSA) is 58.6 Å². The molecule has 1 heterocycles. The van der Waals surface area contributed by atoms with Crippen LogP contribution in [0, 0.1) is 0 Å². The number of halogens is 6. The van der Waals surface area contributed by atoms with Gasteiger partial charge < -0.3 is 9.64 Å². The minimum Gasteiger partial charge on any atom is -0.488 e. The number of anilines is 1. The number of hydrogen-bond donors (Lipinski definition) is 1. The second-order valence-electron chi connectivity index (χ2n) is 7.10. The first-order chi connectivity index (χ1) is 14.3. The van der Waals surface area contributed by atoms with E-state index in [0.717, 1.165) is 30.3 Å². The summed E-state index contributed by atoms with van der Waals surface area (Å²) in [4.78, 5) is 0.820. The van der Waals surface area contributed by atoms with Gasteiger partial charge in [0.25, 0.3) is 10.0 Å². The highest BCUT2D eigenvalue weighted by Crippen LogP contribution is 2.40. The molecule has 0 amide bonds. The van der Waals surface area contributed by atoms with Crippen molar-refractivity contribution in [3.63, 3.8) is 0 Å². The molecule has 1 fully saturated rings. The van der Waals surface area contributed by atoms with Crippen molar-refractivity contribution in [2.45, 2.75) is 29.8 Å².